The number of hydrogen-bond donors (Lipinski definition) is 4. The summed E-state index contributed by atoms with van der Waals surface area (Å²) in [6, 6.07) is 3.21. The normalized spacial score (nSPS) is 18.5. The van der Waals surface area contributed by atoms with E-state index in [1.165, 1.54) is 21.8 Å². The molecule has 39 heavy (non-hydrogen) atoms. The van der Waals surface area contributed by atoms with Crippen LogP contribution < -0.4 is 10.4 Å². The van der Waals surface area contributed by atoms with Gasteiger partial charge in [0.2, 0.25) is 5.43 Å². The van der Waals surface area contributed by atoms with Gasteiger partial charge in [0.25, 0.3) is 5.91 Å². The largest absolute Gasteiger partial charge is 0.502 e. The Kier molecular flexibility index (Phi) is 5.43. The molecule has 0 saturated carbocycles. The highest BCUT2D eigenvalue weighted by atomic mass is 32.1. The smallest absolute Gasteiger partial charge is 0.278 e. The molecule has 1 unspecified atom stereocenters. The highest BCUT2D eigenvalue weighted by molar-refractivity contribution is 7.14. The molecule has 3 aromatic heterocycles. The molecule has 1 aliphatic carbocycles. The molecule has 1 atom stereocenters. The number of carbonyl (C=O) groups excluding carboxylic acids is 1. The zero-order chi connectivity index (χ0) is 27.8. The molecule has 1 amide bonds. The molecule has 1 spiro atoms. The van der Waals surface area contributed by atoms with Gasteiger partial charge < -0.3 is 20.2 Å². The van der Waals surface area contributed by atoms with E-state index in [0.29, 0.717) is 29.0 Å². The van der Waals surface area contributed by atoms with Crippen LogP contribution in [0.25, 0.3) is 10.6 Å². The molecule has 4 heterocycles. The van der Waals surface area contributed by atoms with Crippen LogP contribution in [-0.2, 0) is 19.3 Å². The first-order valence-corrected chi connectivity index (χ1v) is 12.7. The number of aromatic nitrogens is 4. The molecule has 2 aliphatic rings. The van der Waals surface area contributed by atoms with Gasteiger partial charge in [0.1, 0.15) is 22.3 Å². The number of hydrogen-bond acceptors (Lipinski definition) is 9. The second-order valence-electron chi connectivity index (χ2n) is 9.65. The van der Waals surface area contributed by atoms with Crippen molar-refractivity contribution in [3.63, 3.8) is 0 Å². The highest BCUT2D eigenvalue weighted by Gasteiger charge is 2.51. The van der Waals surface area contributed by atoms with Gasteiger partial charge in [-0.15, -0.1) is 10.2 Å². The number of nitrogens with one attached hydrogen (secondary N) is 1. The molecule has 4 N–H and O–H groups in total. The molecule has 0 bridgehead atoms. The maximum absolute atomic E-state index is 14.1. The van der Waals surface area contributed by atoms with Gasteiger partial charge in [-0.05, 0) is 24.5 Å². The standard InChI is InChI=1S/C25H22F2N6O5S/c1-31-24(38)18-20(35)19(34)15(23-30-29-17(39-23)7-11-3-4-12(26)8-16(11)27)10-33(18)32(2)25(31)6-5-13-14(9-25)22(37)28-21(13)36/h3-4,8,10,28,35-37H,5-7,9H2,1-2H3. The van der Waals surface area contributed by atoms with Gasteiger partial charge in [-0.1, -0.05) is 17.4 Å². The Balaban J connectivity index is 1.41. The highest BCUT2D eigenvalue weighted by Crippen LogP contribution is 2.44. The zero-order valence-electron chi connectivity index (χ0n) is 20.7. The first-order valence-electron chi connectivity index (χ1n) is 11.9. The summed E-state index contributed by atoms with van der Waals surface area (Å²) in [4.78, 5) is 30.6. The third-order valence-corrected chi connectivity index (χ3v) is 8.64. The summed E-state index contributed by atoms with van der Waals surface area (Å²) < 4.78 is 28.8. The molecule has 4 aromatic rings. The summed E-state index contributed by atoms with van der Waals surface area (Å²) in [5.41, 5.74) is -0.810. The first-order chi connectivity index (χ1) is 18.5. The first kappa shape index (κ1) is 24.9. The van der Waals surface area contributed by atoms with E-state index < -0.39 is 34.4 Å². The molecular weight excluding hydrogens is 534 g/mol. The van der Waals surface area contributed by atoms with Gasteiger partial charge in [0.05, 0.1) is 5.56 Å². The number of nitrogens with zero attached hydrogens (tertiary/aromatic N) is 5. The Morgan fingerprint density at radius 1 is 1.10 bits per heavy atom. The lowest BCUT2D eigenvalue weighted by Crippen LogP contribution is -2.70. The van der Waals surface area contributed by atoms with E-state index in [-0.39, 0.29) is 46.4 Å². The van der Waals surface area contributed by atoms with E-state index in [4.69, 9.17) is 0 Å². The molecule has 14 heteroatoms. The van der Waals surface area contributed by atoms with E-state index in [2.05, 4.69) is 15.2 Å². The van der Waals surface area contributed by atoms with E-state index in [1.54, 1.807) is 19.1 Å². The topological polar surface area (TPSA) is 148 Å². The van der Waals surface area contributed by atoms with Gasteiger partial charge in [0, 0.05) is 50.3 Å². The van der Waals surface area contributed by atoms with Crippen molar-refractivity contribution in [3.8, 4) is 28.1 Å². The number of amides is 1. The van der Waals surface area contributed by atoms with Gasteiger partial charge in [-0.2, -0.15) is 0 Å². The number of pyridine rings is 1. The number of aromatic amines is 1. The summed E-state index contributed by atoms with van der Waals surface area (Å²) >= 11 is 1.01. The number of carbonyl (C=O) groups is 1. The average Bonchev–Trinajstić information content (AvgIpc) is 3.48. The van der Waals surface area contributed by atoms with E-state index in [1.807, 2.05) is 0 Å². The number of halogens is 2. The molecule has 202 valence electrons. The molecule has 11 nitrogen and oxygen atoms in total. The minimum Gasteiger partial charge on any atom is -0.502 e. The molecular formula is C25H22F2N6O5S. The molecule has 1 aromatic carbocycles. The number of H-pyrrole nitrogens is 1. The van der Waals surface area contributed by atoms with Crippen LogP contribution in [0.15, 0.2) is 29.2 Å². The minimum atomic E-state index is -0.992. The average molecular weight is 557 g/mol. The van der Waals surface area contributed by atoms with E-state index in [0.717, 1.165) is 23.5 Å². The number of fused-ring (bicyclic) bond motifs is 2. The monoisotopic (exact) mass is 556 g/mol. The summed E-state index contributed by atoms with van der Waals surface area (Å²) in [7, 11) is 3.25. The molecule has 6 rings (SSSR count). The number of benzene rings is 1. The van der Waals surface area contributed by atoms with Crippen LogP contribution in [0.1, 0.15) is 38.6 Å². The molecule has 0 radical (unpaired) electrons. The van der Waals surface area contributed by atoms with Gasteiger partial charge >= 0.3 is 0 Å². The molecule has 1 aliphatic heterocycles. The zero-order valence-corrected chi connectivity index (χ0v) is 21.5. The lowest BCUT2D eigenvalue weighted by atomic mass is 9.83. The van der Waals surface area contributed by atoms with Crippen molar-refractivity contribution in [2.24, 2.45) is 0 Å². The fourth-order valence-corrected chi connectivity index (χ4v) is 6.34. The van der Waals surface area contributed by atoms with Crippen LogP contribution in [0.2, 0.25) is 0 Å². The predicted octanol–water partition coefficient (Wildman–Crippen LogP) is 2.22. The van der Waals surface area contributed by atoms with Crippen LogP contribution in [0, 0.1) is 11.6 Å². The molecule has 0 saturated heterocycles. The summed E-state index contributed by atoms with van der Waals surface area (Å²) in [5.74, 6) is -3.10. The maximum atomic E-state index is 14.1. The van der Waals surface area contributed by atoms with Crippen molar-refractivity contribution in [3.05, 3.63) is 73.6 Å². The number of rotatable bonds is 3. The van der Waals surface area contributed by atoms with Crippen LogP contribution in [0.4, 0.5) is 8.78 Å². The third-order valence-electron chi connectivity index (χ3n) is 7.68. The predicted molar refractivity (Wildman–Crippen MR) is 136 cm³/mol. The Bertz CT molecular complexity index is 1730. The van der Waals surface area contributed by atoms with Crippen LogP contribution in [0.5, 0.6) is 17.5 Å². The lowest BCUT2D eigenvalue weighted by molar-refractivity contribution is 0.0332. The van der Waals surface area contributed by atoms with Crippen molar-refractivity contribution >= 4 is 17.2 Å². The summed E-state index contributed by atoms with van der Waals surface area (Å²) in [5, 5.41) is 41.7. The third kappa shape index (κ3) is 3.58. The maximum Gasteiger partial charge on any atom is 0.278 e. The van der Waals surface area contributed by atoms with Crippen LogP contribution >= 0.6 is 11.3 Å². The second-order valence-corrected chi connectivity index (χ2v) is 10.7. The Labute approximate surface area is 223 Å². The van der Waals surface area contributed by atoms with Gasteiger partial charge in [-0.3, -0.25) is 24.3 Å². The van der Waals surface area contributed by atoms with E-state index >= 15 is 0 Å². The second kappa shape index (κ2) is 8.53. The van der Waals surface area contributed by atoms with Crippen molar-refractivity contribution in [1.82, 2.24) is 24.8 Å². The van der Waals surface area contributed by atoms with Crippen molar-refractivity contribution in [1.29, 1.82) is 0 Å². The van der Waals surface area contributed by atoms with Crippen molar-refractivity contribution < 1.29 is 28.9 Å². The Morgan fingerprint density at radius 2 is 1.85 bits per heavy atom. The van der Waals surface area contributed by atoms with Crippen LogP contribution in [-0.4, -0.2) is 65.7 Å². The van der Waals surface area contributed by atoms with Gasteiger partial charge in [-0.25, -0.2) is 8.78 Å². The fourth-order valence-electron chi connectivity index (χ4n) is 5.47. The summed E-state index contributed by atoms with van der Waals surface area (Å²) in [6.45, 7) is 0. The minimum absolute atomic E-state index is 0.0161. The lowest BCUT2D eigenvalue weighted by Gasteiger charge is -2.54. The fraction of sp³-hybridized carbons (Fsp3) is 0.280. The van der Waals surface area contributed by atoms with Crippen LogP contribution in [0.3, 0.4) is 0 Å². The summed E-state index contributed by atoms with van der Waals surface area (Å²) in [6.07, 6.45) is 2.32. The van der Waals surface area contributed by atoms with Gasteiger partial charge in [0.15, 0.2) is 28.2 Å². The van der Waals surface area contributed by atoms with Crippen molar-refractivity contribution in [2.45, 2.75) is 31.3 Å². The SMILES string of the molecule is CN1C(=O)c2c(O)c(=O)c(-c3nnc(Cc4ccc(F)cc4F)s3)cn2N(C)C12CCc1c(O)[nH]c(O)c1C2. The quantitative estimate of drug-likeness (QED) is 0.300. The molecule has 0 fully saturated rings. The number of likely N-dealkylation sites (N-methyl/N-ethyl adjacent to an activating group) is 2. The Hall–Kier alpha value is -4.46. The number of aromatic hydroxyl groups is 3. The van der Waals surface area contributed by atoms with E-state index in [9.17, 15) is 33.7 Å². The Morgan fingerprint density at radius 3 is 2.59 bits per heavy atom. The van der Waals surface area contributed by atoms with Crippen molar-refractivity contribution in [2.75, 3.05) is 19.1 Å².